The average molecular weight is 411 g/mol. The summed E-state index contributed by atoms with van der Waals surface area (Å²) >= 11 is 0. The normalized spacial score (nSPS) is 10.2. The number of benzene rings is 1. The summed E-state index contributed by atoms with van der Waals surface area (Å²) < 4.78 is 10.1. The van der Waals surface area contributed by atoms with Crippen LogP contribution in [0.3, 0.4) is 0 Å². The maximum atomic E-state index is 12.0. The largest absolute Gasteiger partial charge is 0.497 e. The van der Waals surface area contributed by atoms with Gasteiger partial charge in [-0.1, -0.05) is 12.1 Å². The number of aryl methyl sites for hydroxylation is 1. The Balaban J connectivity index is 1.75. The molecule has 2 rings (SSSR count). The number of ether oxygens (including phenoxy) is 2. The minimum atomic E-state index is -0.524. The van der Waals surface area contributed by atoms with E-state index < -0.39 is 11.5 Å². The molecule has 0 aliphatic carbocycles. The Morgan fingerprint density at radius 3 is 2.50 bits per heavy atom. The molecule has 2 aromatic rings. The molecule has 30 heavy (non-hydrogen) atoms. The molecule has 1 aromatic heterocycles. The molecule has 1 aromatic carbocycles. The minimum Gasteiger partial charge on any atom is -0.497 e. The van der Waals surface area contributed by atoms with Gasteiger partial charge >= 0.3 is 5.97 Å². The molecule has 2 N–H and O–H groups in total. The Morgan fingerprint density at radius 2 is 1.87 bits per heavy atom. The number of rotatable bonds is 9. The van der Waals surface area contributed by atoms with Gasteiger partial charge in [-0.05, 0) is 55.5 Å². The first-order valence-electron chi connectivity index (χ1n) is 9.53. The lowest BCUT2D eigenvalue weighted by atomic mass is 9.99. The standard InChI is InChI=1S/C22H25N3O5/c1-14-18(15(2)25-22(28)19(14)12-23)8-9-21(27)30-13-20(26)24-11-10-16-4-6-17(29-3)7-5-16/h4-7H,8-11,13H2,1-3H3,(H,24,26)(H,25,28). The zero-order valence-electron chi connectivity index (χ0n) is 17.3. The van der Waals surface area contributed by atoms with Gasteiger partial charge in [0, 0.05) is 18.7 Å². The summed E-state index contributed by atoms with van der Waals surface area (Å²) in [6.45, 7) is 3.47. The third-order valence-electron chi connectivity index (χ3n) is 4.76. The highest BCUT2D eigenvalue weighted by molar-refractivity contribution is 5.80. The first-order valence-corrected chi connectivity index (χ1v) is 9.53. The van der Waals surface area contributed by atoms with Crippen LogP contribution < -0.4 is 15.6 Å². The smallest absolute Gasteiger partial charge is 0.306 e. The van der Waals surface area contributed by atoms with E-state index in [1.54, 1.807) is 21.0 Å². The van der Waals surface area contributed by atoms with Crippen molar-refractivity contribution in [2.75, 3.05) is 20.3 Å². The lowest BCUT2D eigenvalue weighted by Crippen LogP contribution is -2.30. The van der Waals surface area contributed by atoms with Crippen molar-refractivity contribution in [3.05, 3.63) is 62.6 Å². The van der Waals surface area contributed by atoms with E-state index in [0.717, 1.165) is 16.9 Å². The van der Waals surface area contributed by atoms with E-state index in [9.17, 15) is 14.4 Å². The molecule has 0 bridgehead atoms. The molecule has 1 amide bonds. The third kappa shape index (κ3) is 6.21. The van der Waals surface area contributed by atoms with Crippen molar-refractivity contribution in [3.63, 3.8) is 0 Å². The summed E-state index contributed by atoms with van der Waals surface area (Å²) in [6.07, 6.45) is 0.994. The van der Waals surface area contributed by atoms with Gasteiger partial charge in [-0.15, -0.1) is 0 Å². The number of nitrogens with zero attached hydrogens (tertiary/aromatic N) is 1. The maximum Gasteiger partial charge on any atom is 0.306 e. The summed E-state index contributed by atoms with van der Waals surface area (Å²) in [5.41, 5.74) is 2.55. The van der Waals surface area contributed by atoms with E-state index in [4.69, 9.17) is 14.7 Å². The van der Waals surface area contributed by atoms with E-state index in [1.807, 2.05) is 30.3 Å². The molecular formula is C22H25N3O5. The molecule has 0 fully saturated rings. The SMILES string of the molecule is COc1ccc(CCNC(=O)COC(=O)CCc2c(C)[nH]c(=O)c(C#N)c2C)cc1. The van der Waals surface area contributed by atoms with Crippen LogP contribution in [0.25, 0.3) is 0 Å². The number of carbonyl (C=O) groups excluding carboxylic acids is 2. The van der Waals surface area contributed by atoms with E-state index in [1.165, 1.54) is 0 Å². The Bertz CT molecular complexity index is 1000. The second-order valence-electron chi connectivity index (χ2n) is 6.78. The number of amides is 1. The molecule has 8 nitrogen and oxygen atoms in total. The Hall–Kier alpha value is -3.60. The summed E-state index contributed by atoms with van der Waals surface area (Å²) in [6, 6.07) is 9.42. The molecule has 0 unspecified atom stereocenters. The van der Waals surface area contributed by atoms with Gasteiger partial charge < -0.3 is 19.8 Å². The van der Waals surface area contributed by atoms with Crippen molar-refractivity contribution in [3.8, 4) is 11.8 Å². The van der Waals surface area contributed by atoms with Crippen LogP contribution in [0.4, 0.5) is 0 Å². The first kappa shape index (κ1) is 22.7. The van der Waals surface area contributed by atoms with Crippen LogP contribution in [0, 0.1) is 25.2 Å². The van der Waals surface area contributed by atoms with Crippen LogP contribution in [-0.2, 0) is 27.2 Å². The van der Waals surface area contributed by atoms with Gasteiger partial charge in [-0.3, -0.25) is 14.4 Å². The number of aromatic amines is 1. The van der Waals surface area contributed by atoms with E-state index in [2.05, 4.69) is 10.3 Å². The molecule has 0 saturated heterocycles. The highest BCUT2D eigenvalue weighted by Crippen LogP contribution is 2.15. The molecule has 0 aliphatic rings. The summed E-state index contributed by atoms with van der Waals surface area (Å²) in [7, 11) is 1.60. The van der Waals surface area contributed by atoms with E-state index in [-0.39, 0.29) is 24.5 Å². The Labute approximate surface area is 174 Å². The molecule has 158 valence electrons. The number of aromatic nitrogens is 1. The summed E-state index contributed by atoms with van der Waals surface area (Å²) in [4.78, 5) is 38.2. The number of nitriles is 1. The topological polar surface area (TPSA) is 121 Å². The highest BCUT2D eigenvalue weighted by atomic mass is 16.5. The van der Waals surface area contributed by atoms with Crippen LogP contribution in [0.5, 0.6) is 5.75 Å². The zero-order valence-corrected chi connectivity index (χ0v) is 17.3. The van der Waals surface area contributed by atoms with E-state index >= 15 is 0 Å². The van der Waals surface area contributed by atoms with Crippen molar-refractivity contribution < 1.29 is 19.1 Å². The fourth-order valence-corrected chi connectivity index (χ4v) is 3.06. The summed E-state index contributed by atoms with van der Waals surface area (Å²) in [5.74, 6) is -0.130. The van der Waals surface area contributed by atoms with Crippen molar-refractivity contribution >= 4 is 11.9 Å². The van der Waals surface area contributed by atoms with Crippen LogP contribution >= 0.6 is 0 Å². The van der Waals surface area contributed by atoms with Gasteiger partial charge in [0.25, 0.3) is 11.5 Å². The lowest BCUT2D eigenvalue weighted by molar-refractivity contribution is -0.148. The van der Waals surface area contributed by atoms with Crippen molar-refractivity contribution in [1.82, 2.24) is 10.3 Å². The summed E-state index contributed by atoms with van der Waals surface area (Å²) in [5, 5.41) is 11.8. The number of pyridine rings is 1. The predicted molar refractivity (Wildman–Crippen MR) is 110 cm³/mol. The number of H-pyrrole nitrogens is 1. The Kier molecular flexibility index (Phi) is 8.18. The molecule has 0 aliphatic heterocycles. The van der Waals surface area contributed by atoms with Gasteiger partial charge in [0.2, 0.25) is 0 Å². The number of esters is 1. The van der Waals surface area contributed by atoms with Gasteiger partial charge in [0.15, 0.2) is 6.61 Å². The molecule has 0 saturated carbocycles. The van der Waals surface area contributed by atoms with Crippen molar-refractivity contribution in [2.24, 2.45) is 0 Å². The number of carbonyl (C=O) groups is 2. The fourth-order valence-electron chi connectivity index (χ4n) is 3.06. The van der Waals surface area contributed by atoms with Crippen molar-refractivity contribution in [2.45, 2.75) is 33.1 Å². The number of nitrogens with one attached hydrogen (secondary N) is 2. The van der Waals surface area contributed by atoms with Crippen LogP contribution in [0.2, 0.25) is 0 Å². The van der Waals surface area contributed by atoms with Gasteiger partial charge in [-0.25, -0.2) is 0 Å². The molecule has 1 heterocycles. The predicted octanol–water partition coefficient (Wildman–Crippen LogP) is 1.71. The quantitative estimate of drug-likeness (QED) is 0.606. The molecule has 8 heteroatoms. The van der Waals surface area contributed by atoms with Crippen LogP contribution in [0.1, 0.15) is 34.4 Å². The molecule has 0 atom stereocenters. The zero-order chi connectivity index (χ0) is 22.1. The van der Waals surface area contributed by atoms with Crippen LogP contribution in [0.15, 0.2) is 29.1 Å². The van der Waals surface area contributed by atoms with Crippen LogP contribution in [-0.4, -0.2) is 37.1 Å². The monoisotopic (exact) mass is 411 g/mol. The van der Waals surface area contributed by atoms with Gasteiger partial charge in [0.05, 0.1) is 7.11 Å². The van der Waals surface area contributed by atoms with E-state index in [0.29, 0.717) is 30.6 Å². The molecule has 0 radical (unpaired) electrons. The molecule has 0 spiro atoms. The first-order chi connectivity index (χ1) is 14.3. The van der Waals surface area contributed by atoms with Gasteiger partial charge in [0.1, 0.15) is 17.4 Å². The number of methoxy groups -OCH3 is 1. The molecular weight excluding hydrogens is 386 g/mol. The average Bonchev–Trinajstić information content (AvgIpc) is 2.72. The van der Waals surface area contributed by atoms with Gasteiger partial charge in [-0.2, -0.15) is 5.26 Å². The third-order valence-corrected chi connectivity index (χ3v) is 4.76. The highest BCUT2D eigenvalue weighted by Gasteiger charge is 2.14. The second kappa shape index (κ2) is 10.8. The maximum absolute atomic E-state index is 12.0. The van der Waals surface area contributed by atoms with Crippen molar-refractivity contribution in [1.29, 1.82) is 5.26 Å². The minimum absolute atomic E-state index is 0.0394. The number of hydrogen-bond acceptors (Lipinski definition) is 6. The lowest BCUT2D eigenvalue weighted by Gasteiger charge is -2.11. The number of hydrogen-bond donors (Lipinski definition) is 2. The fraction of sp³-hybridized carbons (Fsp3) is 0.364. The Morgan fingerprint density at radius 1 is 1.17 bits per heavy atom. The second-order valence-corrected chi connectivity index (χ2v) is 6.78.